The van der Waals surface area contributed by atoms with Gasteiger partial charge in [0.1, 0.15) is 0 Å². The van der Waals surface area contributed by atoms with Crippen LogP contribution in [0.3, 0.4) is 0 Å². The highest BCUT2D eigenvalue weighted by molar-refractivity contribution is 7.89. The molecule has 2 aromatic rings. The molecule has 0 saturated carbocycles. The van der Waals surface area contributed by atoms with Gasteiger partial charge in [-0.1, -0.05) is 30.3 Å². The van der Waals surface area contributed by atoms with Crippen LogP contribution >= 0.6 is 0 Å². The van der Waals surface area contributed by atoms with E-state index in [0.29, 0.717) is 38.0 Å². The predicted octanol–water partition coefficient (Wildman–Crippen LogP) is 2.21. The first-order valence-electron chi connectivity index (χ1n) is 10.4. The molecule has 0 aromatic heterocycles. The molecule has 1 heterocycles. The van der Waals surface area contributed by atoms with Crippen molar-refractivity contribution in [3.8, 4) is 6.07 Å². The van der Waals surface area contributed by atoms with Crippen molar-refractivity contribution >= 4 is 15.9 Å². The van der Waals surface area contributed by atoms with Crippen LogP contribution in [-0.4, -0.2) is 56.8 Å². The summed E-state index contributed by atoms with van der Waals surface area (Å²) in [6, 6.07) is 18.1. The van der Waals surface area contributed by atoms with E-state index in [1.165, 1.54) is 34.1 Å². The van der Waals surface area contributed by atoms with E-state index < -0.39 is 10.0 Å². The summed E-state index contributed by atoms with van der Waals surface area (Å²) in [5.74, 6) is -0.185. The fourth-order valence-electron chi connectivity index (χ4n) is 3.70. The fraction of sp³-hybridized carbons (Fsp3) is 0.391. The molecule has 7 nitrogen and oxygen atoms in total. The van der Waals surface area contributed by atoms with Crippen molar-refractivity contribution in [2.75, 3.05) is 33.2 Å². The molecule has 1 fully saturated rings. The van der Waals surface area contributed by atoms with E-state index in [2.05, 4.69) is 22.3 Å². The van der Waals surface area contributed by atoms with Gasteiger partial charge in [-0.15, -0.1) is 0 Å². The van der Waals surface area contributed by atoms with Gasteiger partial charge in [-0.3, -0.25) is 4.79 Å². The minimum Gasteiger partial charge on any atom is -0.355 e. The number of hydrogen-bond acceptors (Lipinski definition) is 5. The van der Waals surface area contributed by atoms with Gasteiger partial charge >= 0.3 is 0 Å². The van der Waals surface area contributed by atoms with E-state index in [1.54, 1.807) is 0 Å². The van der Waals surface area contributed by atoms with Gasteiger partial charge in [0.2, 0.25) is 15.9 Å². The first-order valence-corrected chi connectivity index (χ1v) is 11.8. The summed E-state index contributed by atoms with van der Waals surface area (Å²) in [6.45, 7) is 2.75. The Morgan fingerprint density at radius 1 is 1.13 bits per heavy atom. The molecule has 1 N–H and O–H groups in total. The Morgan fingerprint density at radius 3 is 2.39 bits per heavy atom. The first kappa shape index (κ1) is 22.9. The van der Waals surface area contributed by atoms with Gasteiger partial charge in [0.25, 0.3) is 0 Å². The quantitative estimate of drug-likeness (QED) is 0.679. The van der Waals surface area contributed by atoms with E-state index in [9.17, 15) is 13.2 Å². The van der Waals surface area contributed by atoms with E-state index in [0.717, 1.165) is 13.1 Å². The smallest absolute Gasteiger partial charge is 0.243 e. The van der Waals surface area contributed by atoms with Crippen molar-refractivity contribution in [3.05, 3.63) is 65.7 Å². The lowest BCUT2D eigenvalue weighted by Gasteiger charge is -2.30. The van der Waals surface area contributed by atoms with Gasteiger partial charge in [-0.25, -0.2) is 8.42 Å². The van der Waals surface area contributed by atoms with E-state index in [-0.39, 0.29) is 16.7 Å². The van der Waals surface area contributed by atoms with Crippen molar-refractivity contribution in [1.82, 2.24) is 14.5 Å². The molecule has 2 aromatic carbocycles. The molecule has 31 heavy (non-hydrogen) atoms. The Bertz CT molecular complexity index is 1010. The Kier molecular flexibility index (Phi) is 7.80. The molecule has 1 saturated heterocycles. The summed E-state index contributed by atoms with van der Waals surface area (Å²) < 4.78 is 27.0. The molecule has 0 radical (unpaired) electrons. The summed E-state index contributed by atoms with van der Waals surface area (Å²) >= 11 is 0. The number of likely N-dealkylation sites (N-methyl/N-ethyl adjacent to an activating group) is 1. The highest BCUT2D eigenvalue weighted by Gasteiger charge is 2.32. The van der Waals surface area contributed by atoms with Gasteiger partial charge < -0.3 is 10.2 Å². The zero-order valence-corrected chi connectivity index (χ0v) is 18.5. The SMILES string of the molecule is CN(CCNC(=O)C1CCN(S(=O)(=O)c2ccc(C#N)cc2)CC1)Cc1ccccc1. The average Bonchev–Trinajstić information content (AvgIpc) is 2.79. The third kappa shape index (κ3) is 6.14. The van der Waals surface area contributed by atoms with Gasteiger partial charge in [-0.05, 0) is 49.7 Å². The second-order valence-electron chi connectivity index (χ2n) is 7.83. The maximum Gasteiger partial charge on any atom is 0.243 e. The monoisotopic (exact) mass is 440 g/mol. The predicted molar refractivity (Wildman–Crippen MR) is 118 cm³/mol. The average molecular weight is 441 g/mol. The third-order valence-corrected chi connectivity index (χ3v) is 7.45. The molecular formula is C23H28N4O3S. The highest BCUT2D eigenvalue weighted by atomic mass is 32.2. The molecule has 8 heteroatoms. The van der Waals surface area contributed by atoms with Crippen LogP contribution in [0.15, 0.2) is 59.5 Å². The lowest BCUT2D eigenvalue weighted by Crippen LogP contribution is -2.44. The van der Waals surface area contributed by atoms with Crippen LogP contribution in [0, 0.1) is 17.2 Å². The minimum atomic E-state index is -3.61. The molecular weight excluding hydrogens is 412 g/mol. The number of amides is 1. The number of carbonyl (C=O) groups excluding carboxylic acids is 1. The topological polar surface area (TPSA) is 93.5 Å². The molecule has 0 atom stereocenters. The van der Waals surface area contributed by atoms with Gasteiger partial charge in [0.05, 0.1) is 16.5 Å². The standard InChI is InChI=1S/C23H28N4O3S/c1-26(18-20-5-3-2-4-6-20)16-13-25-23(28)21-11-14-27(15-12-21)31(29,30)22-9-7-19(17-24)8-10-22/h2-10,21H,11-16,18H2,1H3,(H,25,28). The van der Waals surface area contributed by atoms with Crippen LogP contribution in [0.4, 0.5) is 0 Å². The molecule has 1 aliphatic heterocycles. The van der Waals surface area contributed by atoms with Crippen LogP contribution in [-0.2, 0) is 21.4 Å². The maximum absolute atomic E-state index is 12.8. The van der Waals surface area contributed by atoms with E-state index in [1.807, 2.05) is 31.3 Å². The van der Waals surface area contributed by atoms with E-state index >= 15 is 0 Å². The molecule has 3 rings (SSSR count). The molecule has 1 aliphatic rings. The summed E-state index contributed by atoms with van der Waals surface area (Å²) in [5, 5.41) is 11.9. The second kappa shape index (κ2) is 10.5. The van der Waals surface area contributed by atoms with Crippen LogP contribution < -0.4 is 5.32 Å². The molecule has 0 bridgehead atoms. The minimum absolute atomic E-state index is 0.0106. The summed E-state index contributed by atoms with van der Waals surface area (Å²) in [6.07, 6.45) is 1.00. The molecule has 0 aliphatic carbocycles. The first-order chi connectivity index (χ1) is 14.9. The Labute approximate surface area is 184 Å². The molecule has 0 spiro atoms. The number of nitrogens with zero attached hydrogens (tertiary/aromatic N) is 3. The van der Waals surface area contributed by atoms with Crippen molar-refractivity contribution in [3.63, 3.8) is 0 Å². The lowest BCUT2D eigenvalue weighted by atomic mass is 9.97. The third-order valence-electron chi connectivity index (χ3n) is 5.53. The number of carbonyl (C=O) groups is 1. The number of piperidine rings is 1. The summed E-state index contributed by atoms with van der Waals surface area (Å²) in [7, 11) is -1.59. The van der Waals surface area contributed by atoms with Crippen LogP contribution in [0.5, 0.6) is 0 Å². The lowest BCUT2D eigenvalue weighted by molar-refractivity contribution is -0.126. The number of nitrogens with one attached hydrogen (secondary N) is 1. The van der Waals surface area contributed by atoms with E-state index in [4.69, 9.17) is 5.26 Å². The zero-order chi connectivity index (χ0) is 22.3. The zero-order valence-electron chi connectivity index (χ0n) is 17.7. The largest absolute Gasteiger partial charge is 0.355 e. The Balaban J connectivity index is 1.43. The number of benzene rings is 2. The Morgan fingerprint density at radius 2 is 1.77 bits per heavy atom. The number of hydrogen-bond donors (Lipinski definition) is 1. The number of nitriles is 1. The summed E-state index contributed by atoms with van der Waals surface area (Å²) in [5.41, 5.74) is 1.65. The van der Waals surface area contributed by atoms with Gasteiger partial charge in [-0.2, -0.15) is 9.57 Å². The van der Waals surface area contributed by atoms with Gasteiger partial charge in [0.15, 0.2) is 0 Å². The highest BCUT2D eigenvalue weighted by Crippen LogP contribution is 2.24. The van der Waals surface area contributed by atoms with Crippen LogP contribution in [0.25, 0.3) is 0 Å². The fourth-order valence-corrected chi connectivity index (χ4v) is 5.17. The Hall–Kier alpha value is -2.73. The van der Waals surface area contributed by atoms with Crippen molar-refractivity contribution < 1.29 is 13.2 Å². The second-order valence-corrected chi connectivity index (χ2v) is 9.77. The molecule has 0 unspecified atom stereocenters. The van der Waals surface area contributed by atoms with Crippen molar-refractivity contribution in [1.29, 1.82) is 5.26 Å². The van der Waals surface area contributed by atoms with Crippen molar-refractivity contribution in [2.45, 2.75) is 24.3 Å². The van der Waals surface area contributed by atoms with Crippen LogP contribution in [0.2, 0.25) is 0 Å². The van der Waals surface area contributed by atoms with Crippen molar-refractivity contribution in [2.24, 2.45) is 5.92 Å². The normalized spacial score (nSPS) is 15.5. The number of sulfonamides is 1. The molecule has 164 valence electrons. The summed E-state index contributed by atoms with van der Waals surface area (Å²) in [4.78, 5) is 14.8. The van der Waals surface area contributed by atoms with Gasteiger partial charge in [0, 0.05) is 38.6 Å². The maximum atomic E-state index is 12.8. The number of rotatable bonds is 8. The van der Waals surface area contributed by atoms with Crippen LogP contribution in [0.1, 0.15) is 24.0 Å². The molecule has 1 amide bonds.